The monoisotopic (exact) mass is 178 g/mol. The van der Waals surface area contributed by atoms with Crippen LogP contribution in [0.2, 0.25) is 0 Å². The molecule has 0 radical (unpaired) electrons. The van der Waals surface area contributed by atoms with Gasteiger partial charge in [0, 0.05) is 11.6 Å². The Hall–Kier alpha value is -1.42. The summed E-state index contributed by atoms with van der Waals surface area (Å²) in [6.07, 6.45) is 4.99. The van der Waals surface area contributed by atoms with Gasteiger partial charge in [-0.3, -0.25) is 0 Å². The lowest BCUT2D eigenvalue weighted by Gasteiger charge is -1.81. The van der Waals surface area contributed by atoms with Crippen LogP contribution < -0.4 is 0 Å². The smallest absolute Gasteiger partial charge is 0.209 e. The summed E-state index contributed by atoms with van der Waals surface area (Å²) in [6.45, 7) is 0. The molecule has 2 rings (SSSR count). The fraction of sp³-hybridized carbons (Fsp3) is 0. The van der Waals surface area contributed by atoms with Crippen molar-refractivity contribution in [1.82, 2.24) is 4.98 Å². The highest BCUT2D eigenvalue weighted by molar-refractivity contribution is 7.13. The Bertz CT molecular complexity index is 314. The molecule has 0 amide bonds. The molecule has 0 atom stereocenters. The summed E-state index contributed by atoms with van der Waals surface area (Å²) in [6, 6.07) is 3.67. The van der Waals surface area contributed by atoms with Crippen molar-refractivity contribution in [3.05, 3.63) is 35.7 Å². The van der Waals surface area contributed by atoms with Gasteiger partial charge in [-0.1, -0.05) is 0 Å². The second kappa shape index (κ2) is 3.32. The van der Waals surface area contributed by atoms with Crippen LogP contribution in [0, 0.1) is 0 Å². The van der Waals surface area contributed by atoms with E-state index in [-0.39, 0.29) is 0 Å². The average molecular weight is 178 g/mol. The number of aromatic nitrogens is 1. The highest BCUT2D eigenvalue weighted by Gasteiger charge is 1.90. The summed E-state index contributed by atoms with van der Waals surface area (Å²) >= 11 is 1.49. The van der Waals surface area contributed by atoms with Crippen molar-refractivity contribution in [1.29, 1.82) is 0 Å². The number of thiazole rings is 1. The molecule has 0 saturated heterocycles. The zero-order valence-electron chi connectivity index (χ0n) is 6.18. The van der Waals surface area contributed by atoms with Crippen LogP contribution >= 0.6 is 11.3 Å². The third-order valence-electron chi connectivity index (χ3n) is 1.26. The molecule has 4 heteroatoms. The van der Waals surface area contributed by atoms with E-state index in [1.807, 2.05) is 17.5 Å². The van der Waals surface area contributed by atoms with Gasteiger partial charge < -0.3 is 4.42 Å². The highest BCUT2D eigenvalue weighted by Crippen LogP contribution is 2.14. The van der Waals surface area contributed by atoms with Gasteiger partial charge in [0.2, 0.25) is 5.13 Å². The zero-order valence-corrected chi connectivity index (χ0v) is 6.99. The summed E-state index contributed by atoms with van der Waals surface area (Å²) < 4.78 is 5.06. The quantitative estimate of drug-likeness (QED) is 0.662. The molecule has 0 aliphatic rings. The van der Waals surface area contributed by atoms with Crippen LogP contribution in [0.1, 0.15) is 5.76 Å². The summed E-state index contributed by atoms with van der Waals surface area (Å²) in [5.41, 5.74) is 0. The number of nitrogens with zero attached hydrogens (tertiary/aromatic N) is 2. The van der Waals surface area contributed by atoms with Crippen LogP contribution in [-0.2, 0) is 0 Å². The van der Waals surface area contributed by atoms with Gasteiger partial charge in [0.25, 0.3) is 0 Å². The summed E-state index contributed by atoms with van der Waals surface area (Å²) in [5.74, 6) is 0.741. The zero-order chi connectivity index (χ0) is 8.23. The number of rotatable bonds is 2. The largest absolute Gasteiger partial charge is 0.463 e. The van der Waals surface area contributed by atoms with Crippen LogP contribution in [0.4, 0.5) is 5.13 Å². The molecule has 60 valence electrons. The summed E-state index contributed by atoms with van der Waals surface area (Å²) in [7, 11) is 0. The highest BCUT2D eigenvalue weighted by atomic mass is 32.1. The van der Waals surface area contributed by atoms with Crippen molar-refractivity contribution in [3.8, 4) is 0 Å². The minimum absolute atomic E-state index is 0.741. The van der Waals surface area contributed by atoms with Gasteiger partial charge in [0.1, 0.15) is 5.76 Å². The number of furan rings is 1. The molecule has 0 aliphatic carbocycles. The molecule has 2 aromatic rings. The lowest BCUT2D eigenvalue weighted by atomic mass is 10.5. The van der Waals surface area contributed by atoms with Gasteiger partial charge in [-0.15, -0.1) is 11.3 Å². The maximum atomic E-state index is 5.06. The topological polar surface area (TPSA) is 38.4 Å². The predicted molar refractivity (Wildman–Crippen MR) is 48.1 cm³/mol. The summed E-state index contributed by atoms with van der Waals surface area (Å²) in [5, 5.41) is 2.63. The van der Waals surface area contributed by atoms with Crippen LogP contribution in [-0.4, -0.2) is 11.2 Å². The normalized spacial score (nSPS) is 11.0. The first-order valence-electron chi connectivity index (χ1n) is 3.42. The van der Waals surface area contributed by atoms with Crippen molar-refractivity contribution < 1.29 is 4.42 Å². The van der Waals surface area contributed by atoms with Gasteiger partial charge in [0.05, 0.1) is 12.5 Å². The van der Waals surface area contributed by atoms with E-state index in [2.05, 4.69) is 9.98 Å². The second-order valence-electron chi connectivity index (χ2n) is 2.09. The summed E-state index contributed by atoms with van der Waals surface area (Å²) in [4.78, 5) is 8.09. The van der Waals surface area contributed by atoms with E-state index in [0.717, 1.165) is 10.9 Å². The van der Waals surface area contributed by atoms with Crippen molar-refractivity contribution in [2.75, 3.05) is 0 Å². The van der Waals surface area contributed by atoms with Gasteiger partial charge >= 0.3 is 0 Å². The Morgan fingerprint density at radius 1 is 1.58 bits per heavy atom. The molecule has 0 aromatic carbocycles. The average Bonchev–Trinajstić information content (AvgIpc) is 2.74. The second-order valence-corrected chi connectivity index (χ2v) is 2.96. The standard InChI is InChI=1S/C8H6N2OS/c1-2-7(11-4-1)6-10-8-9-3-5-12-8/h1-6H/b10-6-. The molecule has 2 heterocycles. The fourth-order valence-corrected chi connectivity index (χ4v) is 1.24. The Kier molecular flexibility index (Phi) is 2.00. The molecule has 0 N–H and O–H groups in total. The van der Waals surface area contributed by atoms with Gasteiger partial charge in [-0.25, -0.2) is 9.98 Å². The minimum Gasteiger partial charge on any atom is -0.463 e. The first kappa shape index (κ1) is 7.24. The van der Waals surface area contributed by atoms with Crippen LogP contribution in [0.5, 0.6) is 0 Å². The molecule has 12 heavy (non-hydrogen) atoms. The number of hydrogen-bond donors (Lipinski definition) is 0. The molecular weight excluding hydrogens is 172 g/mol. The lowest BCUT2D eigenvalue weighted by Crippen LogP contribution is -1.71. The fourth-order valence-electron chi connectivity index (χ4n) is 0.763. The van der Waals surface area contributed by atoms with Gasteiger partial charge in [-0.2, -0.15) is 0 Å². The van der Waals surface area contributed by atoms with E-state index in [0.29, 0.717) is 0 Å². The van der Waals surface area contributed by atoms with Gasteiger partial charge in [-0.05, 0) is 12.1 Å². The SMILES string of the molecule is C(=N/c1nccs1)/c1ccco1. The van der Waals surface area contributed by atoms with E-state index in [9.17, 15) is 0 Å². The van der Waals surface area contributed by atoms with E-state index in [1.54, 1.807) is 18.7 Å². The third-order valence-corrected chi connectivity index (χ3v) is 1.94. The molecule has 0 spiro atoms. The van der Waals surface area contributed by atoms with Crippen molar-refractivity contribution in [3.63, 3.8) is 0 Å². The van der Waals surface area contributed by atoms with Crippen molar-refractivity contribution in [2.45, 2.75) is 0 Å². The molecule has 0 fully saturated rings. The molecule has 0 aliphatic heterocycles. The lowest BCUT2D eigenvalue weighted by molar-refractivity contribution is 0.560. The van der Waals surface area contributed by atoms with Crippen molar-refractivity contribution >= 4 is 22.7 Å². The van der Waals surface area contributed by atoms with Crippen LogP contribution in [0.3, 0.4) is 0 Å². The number of aliphatic imine (C=N–C) groups is 1. The Morgan fingerprint density at radius 2 is 2.58 bits per heavy atom. The first-order chi connectivity index (χ1) is 5.95. The van der Waals surface area contributed by atoms with Crippen LogP contribution in [0.15, 0.2) is 39.4 Å². The third kappa shape index (κ3) is 1.60. The molecule has 3 nitrogen and oxygen atoms in total. The molecule has 0 saturated carbocycles. The Labute approximate surface area is 73.4 Å². The number of hydrogen-bond acceptors (Lipinski definition) is 4. The van der Waals surface area contributed by atoms with Crippen LogP contribution in [0.25, 0.3) is 0 Å². The minimum atomic E-state index is 0.741. The van der Waals surface area contributed by atoms with E-state index < -0.39 is 0 Å². The molecule has 2 aromatic heterocycles. The van der Waals surface area contributed by atoms with E-state index in [1.165, 1.54) is 11.3 Å². The van der Waals surface area contributed by atoms with E-state index in [4.69, 9.17) is 4.42 Å². The molecule has 0 bridgehead atoms. The first-order valence-corrected chi connectivity index (χ1v) is 4.30. The van der Waals surface area contributed by atoms with Gasteiger partial charge in [0.15, 0.2) is 0 Å². The Morgan fingerprint density at radius 3 is 3.25 bits per heavy atom. The molecule has 0 unspecified atom stereocenters. The molecular formula is C8H6N2OS. The Balaban J connectivity index is 2.14. The predicted octanol–water partition coefficient (Wildman–Crippen LogP) is 2.49. The maximum Gasteiger partial charge on any atom is 0.209 e. The van der Waals surface area contributed by atoms with Crippen molar-refractivity contribution in [2.24, 2.45) is 4.99 Å². The van der Waals surface area contributed by atoms with E-state index >= 15 is 0 Å². The maximum absolute atomic E-state index is 5.06.